The minimum absolute atomic E-state index is 0.0184. The first-order valence-electron chi connectivity index (χ1n) is 5.29. The number of hydrogen-bond acceptors (Lipinski definition) is 0. The fraction of sp³-hybridized carbons (Fsp3) is 0.500. The molecule has 0 saturated carbocycles. The summed E-state index contributed by atoms with van der Waals surface area (Å²) in [6, 6.07) is 3.63. The van der Waals surface area contributed by atoms with Crippen molar-refractivity contribution >= 4 is 0 Å². The highest BCUT2D eigenvalue weighted by Crippen LogP contribution is 2.53. The monoisotopic (exact) mass is 287 g/mol. The molecule has 0 amide bonds. The van der Waals surface area contributed by atoms with E-state index < -0.39 is 23.6 Å². The lowest BCUT2D eigenvalue weighted by Crippen LogP contribution is -2.50. The van der Waals surface area contributed by atoms with Gasteiger partial charge in [0.25, 0.3) is 0 Å². The van der Waals surface area contributed by atoms with Gasteiger partial charge in [0.1, 0.15) is 0 Å². The summed E-state index contributed by atoms with van der Waals surface area (Å²) in [7, 11) is 0. The van der Waals surface area contributed by atoms with E-state index in [9.17, 15) is 30.7 Å². The SMILES string of the molecule is CCc1[c]c(C)cc(C(F)(C(F)(F)F)C(F)(F)F)c1. The fourth-order valence-corrected chi connectivity index (χ4v) is 1.67. The van der Waals surface area contributed by atoms with Crippen LogP contribution in [0.5, 0.6) is 0 Å². The van der Waals surface area contributed by atoms with Gasteiger partial charge >= 0.3 is 18.0 Å². The Labute approximate surface area is 105 Å². The molecule has 0 heterocycles. The van der Waals surface area contributed by atoms with Crippen LogP contribution in [0.3, 0.4) is 0 Å². The maximum absolute atomic E-state index is 13.8. The smallest absolute Gasteiger partial charge is 0.218 e. The summed E-state index contributed by atoms with van der Waals surface area (Å²) in [6.45, 7) is 2.78. The van der Waals surface area contributed by atoms with Crippen molar-refractivity contribution in [3.05, 3.63) is 34.9 Å². The predicted octanol–water partition coefficient (Wildman–Crippen LogP) is 4.65. The number of hydrogen-bond donors (Lipinski definition) is 0. The number of benzene rings is 1. The number of rotatable bonds is 2. The number of alkyl halides is 7. The Morgan fingerprint density at radius 3 is 1.79 bits per heavy atom. The second-order valence-electron chi connectivity index (χ2n) is 4.08. The van der Waals surface area contributed by atoms with Crippen molar-refractivity contribution in [2.24, 2.45) is 0 Å². The highest BCUT2D eigenvalue weighted by atomic mass is 19.4. The van der Waals surface area contributed by atoms with E-state index in [2.05, 4.69) is 6.07 Å². The average molecular weight is 287 g/mol. The first kappa shape index (κ1) is 15.8. The zero-order valence-corrected chi connectivity index (χ0v) is 10.0. The van der Waals surface area contributed by atoms with E-state index >= 15 is 0 Å². The van der Waals surface area contributed by atoms with Crippen molar-refractivity contribution in [1.82, 2.24) is 0 Å². The van der Waals surface area contributed by atoms with Crippen LogP contribution >= 0.6 is 0 Å². The molecule has 0 aliphatic carbocycles. The van der Waals surface area contributed by atoms with E-state index in [4.69, 9.17) is 0 Å². The molecule has 0 aliphatic rings. The van der Waals surface area contributed by atoms with Crippen molar-refractivity contribution < 1.29 is 30.7 Å². The van der Waals surface area contributed by atoms with Crippen LogP contribution in [0.1, 0.15) is 23.6 Å². The molecule has 0 fully saturated rings. The number of halogens is 7. The molecule has 1 aromatic carbocycles. The molecule has 0 bridgehead atoms. The molecule has 0 nitrogen and oxygen atoms in total. The van der Waals surface area contributed by atoms with Crippen LogP contribution in [0.25, 0.3) is 0 Å². The van der Waals surface area contributed by atoms with Gasteiger partial charge in [-0.25, -0.2) is 4.39 Å². The topological polar surface area (TPSA) is 0 Å². The standard InChI is InChI=1S/C12H10F7/c1-3-8-4-7(2)5-9(6-8)10(13,11(14,15)16)12(17,18)19/h5-6H,3H2,1-2H3. The number of aryl methyl sites for hydroxylation is 2. The van der Waals surface area contributed by atoms with E-state index in [-0.39, 0.29) is 17.5 Å². The second kappa shape index (κ2) is 4.68. The lowest BCUT2D eigenvalue weighted by atomic mass is 9.91. The maximum Gasteiger partial charge on any atom is 0.435 e. The summed E-state index contributed by atoms with van der Waals surface area (Å²) in [6.07, 6.45) is -12.0. The van der Waals surface area contributed by atoms with Crippen molar-refractivity contribution in [2.45, 2.75) is 38.3 Å². The molecule has 0 spiro atoms. The first-order valence-corrected chi connectivity index (χ1v) is 5.29. The minimum atomic E-state index is -6.08. The van der Waals surface area contributed by atoms with Gasteiger partial charge in [-0.15, -0.1) is 0 Å². The molecule has 0 atom stereocenters. The molecular formula is C12H10F7. The molecule has 1 radical (unpaired) electrons. The summed E-state index contributed by atoms with van der Waals surface area (Å²) in [5.74, 6) is 0. The Kier molecular flexibility index (Phi) is 3.89. The van der Waals surface area contributed by atoms with Gasteiger partial charge in [-0.05, 0) is 30.5 Å². The Balaban J connectivity index is 3.56. The summed E-state index contributed by atoms with van der Waals surface area (Å²) in [4.78, 5) is 0. The van der Waals surface area contributed by atoms with Crippen molar-refractivity contribution in [3.63, 3.8) is 0 Å². The van der Waals surface area contributed by atoms with E-state index in [1.54, 1.807) is 0 Å². The molecule has 1 aromatic rings. The second-order valence-corrected chi connectivity index (χ2v) is 4.08. The predicted molar refractivity (Wildman–Crippen MR) is 54.3 cm³/mol. The minimum Gasteiger partial charge on any atom is -0.218 e. The third-order valence-corrected chi connectivity index (χ3v) is 2.62. The molecule has 19 heavy (non-hydrogen) atoms. The van der Waals surface area contributed by atoms with Crippen molar-refractivity contribution in [3.8, 4) is 0 Å². The van der Waals surface area contributed by atoms with Gasteiger partial charge in [0.15, 0.2) is 0 Å². The first-order chi connectivity index (χ1) is 8.43. The Morgan fingerprint density at radius 1 is 0.947 bits per heavy atom. The van der Waals surface area contributed by atoms with Crippen LogP contribution in [-0.4, -0.2) is 12.4 Å². The van der Waals surface area contributed by atoms with Crippen LogP contribution in [0, 0.1) is 13.0 Å². The van der Waals surface area contributed by atoms with Gasteiger partial charge in [0.05, 0.1) is 0 Å². The normalized spacial score (nSPS) is 13.7. The Hall–Kier alpha value is -1.27. The summed E-state index contributed by atoms with van der Waals surface area (Å²) in [5, 5.41) is 0. The van der Waals surface area contributed by atoms with E-state index in [0.717, 1.165) is 0 Å². The molecule has 0 saturated heterocycles. The maximum atomic E-state index is 13.8. The van der Waals surface area contributed by atoms with Gasteiger partial charge in [-0.3, -0.25) is 0 Å². The van der Waals surface area contributed by atoms with Crippen LogP contribution < -0.4 is 0 Å². The van der Waals surface area contributed by atoms with Crippen LogP contribution in [0.15, 0.2) is 12.1 Å². The van der Waals surface area contributed by atoms with Crippen molar-refractivity contribution in [2.75, 3.05) is 0 Å². The molecule has 0 N–H and O–H groups in total. The van der Waals surface area contributed by atoms with Crippen LogP contribution in [0.2, 0.25) is 0 Å². The molecule has 7 heteroatoms. The van der Waals surface area contributed by atoms with Crippen LogP contribution in [-0.2, 0) is 12.1 Å². The van der Waals surface area contributed by atoms with Gasteiger partial charge in [0, 0.05) is 5.56 Å². The zero-order chi connectivity index (χ0) is 15.1. The van der Waals surface area contributed by atoms with Crippen LogP contribution in [0.4, 0.5) is 30.7 Å². The van der Waals surface area contributed by atoms with Crippen molar-refractivity contribution in [1.29, 1.82) is 0 Å². The highest BCUT2D eigenvalue weighted by molar-refractivity contribution is 5.34. The largest absolute Gasteiger partial charge is 0.435 e. The molecule has 0 aromatic heterocycles. The Morgan fingerprint density at radius 2 is 1.42 bits per heavy atom. The van der Waals surface area contributed by atoms with E-state index in [1.165, 1.54) is 13.8 Å². The van der Waals surface area contributed by atoms with E-state index in [0.29, 0.717) is 12.1 Å². The summed E-state index contributed by atoms with van der Waals surface area (Å²) in [5.41, 5.74) is -6.72. The highest BCUT2D eigenvalue weighted by Gasteiger charge is 2.73. The van der Waals surface area contributed by atoms with Gasteiger partial charge in [-0.1, -0.05) is 19.1 Å². The lowest BCUT2D eigenvalue weighted by molar-refractivity contribution is -0.348. The third kappa shape index (κ3) is 2.69. The lowest BCUT2D eigenvalue weighted by Gasteiger charge is -2.30. The zero-order valence-electron chi connectivity index (χ0n) is 10.0. The summed E-state index contributed by atoms with van der Waals surface area (Å²) < 4.78 is 89.1. The summed E-state index contributed by atoms with van der Waals surface area (Å²) >= 11 is 0. The fourth-order valence-electron chi connectivity index (χ4n) is 1.67. The molecule has 0 aliphatic heterocycles. The van der Waals surface area contributed by atoms with Gasteiger partial charge < -0.3 is 0 Å². The van der Waals surface area contributed by atoms with Gasteiger partial charge in [0.2, 0.25) is 0 Å². The quantitative estimate of drug-likeness (QED) is 0.695. The van der Waals surface area contributed by atoms with E-state index in [1.807, 2.05) is 0 Å². The molecule has 107 valence electrons. The average Bonchev–Trinajstić information content (AvgIpc) is 2.23. The molecule has 1 rings (SSSR count). The van der Waals surface area contributed by atoms with Gasteiger partial charge in [-0.2, -0.15) is 26.3 Å². The third-order valence-electron chi connectivity index (χ3n) is 2.62. The molecule has 0 unspecified atom stereocenters. The molecular weight excluding hydrogens is 277 g/mol. The Bertz CT molecular complexity index is 442.